The molecule has 1 fully saturated rings. The van der Waals surface area contributed by atoms with Crippen LogP contribution >= 0.6 is 11.3 Å². The average Bonchev–Trinajstić information content (AvgIpc) is 3.07. The third-order valence-corrected chi connectivity index (χ3v) is 4.87. The molecule has 3 rings (SSSR count). The van der Waals surface area contributed by atoms with E-state index in [0.717, 1.165) is 4.88 Å². The molecule has 1 aliphatic rings. The summed E-state index contributed by atoms with van der Waals surface area (Å²) in [5, 5.41) is 22.9. The number of carbonyl (C=O) groups excluding carboxylic acids is 1. The molecular formula is C15H18N2O3S. The van der Waals surface area contributed by atoms with Gasteiger partial charge >= 0.3 is 6.03 Å². The topological polar surface area (TPSA) is 72.8 Å². The molecule has 0 aliphatic carbocycles. The summed E-state index contributed by atoms with van der Waals surface area (Å²) in [5.74, 6) is 0. The molecule has 0 bridgehead atoms. The lowest BCUT2D eigenvalue weighted by atomic mass is 10.2. The van der Waals surface area contributed by atoms with E-state index in [-0.39, 0.29) is 25.2 Å². The second-order valence-electron chi connectivity index (χ2n) is 5.29. The monoisotopic (exact) mass is 306 g/mol. The molecule has 5 nitrogen and oxygen atoms in total. The van der Waals surface area contributed by atoms with Gasteiger partial charge in [-0.2, -0.15) is 0 Å². The number of aliphatic hydroxyl groups excluding tert-OH is 2. The Balaban J connectivity index is 1.63. The molecule has 21 heavy (non-hydrogen) atoms. The standard InChI is InChI=1S/C15H18N2O3S/c18-9-11-6-12(19)8-17(11)15(20)16-7-13-5-10-3-1-2-4-14(10)21-13/h1-5,11-12,18-19H,6-9H2,(H,16,20)/t11-,12+/m0/s1. The summed E-state index contributed by atoms with van der Waals surface area (Å²) < 4.78 is 1.20. The third kappa shape index (κ3) is 3.02. The van der Waals surface area contributed by atoms with Gasteiger partial charge in [0.2, 0.25) is 0 Å². The minimum Gasteiger partial charge on any atom is -0.394 e. The van der Waals surface area contributed by atoms with Crippen molar-refractivity contribution in [3.63, 3.8) is 0 Å². The summed E-state index contributed by atoms with van der Waals surface area (Å²) in [5.41, 5.74) is 0. The van der Waals surface area contributed by atoms with E-state index in [4.69, 9.17) is 0 Å². The Morgan fingerprint density at radius 2 is 2.24 bits per heavy atom. The molecule has 1 saturated heterocycles. The highest BCUT2D eigenvalue weighted by Gasteiger charge is 2.33. The number of β-amino-alcohol motifs (C(OH)–C–C–N with tert-alkyl or cyclic N) is 1. The summed E-state index contributed by atoms with van der Waals surface area (Å²) in [6, 6.07) is 9.65. The van der Waals surface area contributed by atoms with Crippen LogP contribution in [0.2, 0.25) is 0 Å². The Bertz CT molecular complexity index is 610. The van der Waals surface area contributed by atoms with E-state index in [1.807, 2.05) is 12.1 Å². The van der Waals surface area contributed by atoms with E-state index in [9.17, 15) is 15.0 Å². The molecule has 6 heteroatoms. The molecule has 1 aliphatic heterocycles. The fraction of sp³-hybridized carbons (Fsp3) is 0.400. The number of rotatable bonds is 3. The van der Waals surface area contributed by atoms with Crippen LogP contribution in [0.3, 0.4) is 0 Å². The SMILES string of the molecule is O=C(NCc1cc2ccccc2s1)N1C[C@H](O)C[C@H]1CO. The lowest BCUT2D eigenvalue weighted by Gasteiger charge is -2.22. The molecule has 3 N–H and O–H groups in total. The highest BCUT2D eigenvalue weighted by atomic mass is 32.1. The number of amides is 2. The van der Waals surface area contributed by atoms with E-state index in [2.05, 4.69) is 23.5 Å². The van der Waals surface area contributed by atoms with Crippen LogP contribution < -0.4 is 5.32 Å². The second kappa shape index (κ2) is 6.01. The fourth-order valence-corrected chi connectivity index (χ4v) is 3.71. The van der Waals surface area contributed by atoms with Crippen molar-refractivity contribution in [3.05, 3.63) is 35.2 Å². The van der Waals surface area contributed by atoms with Gasteiger partial charge in [0.25, 0.3) is 0 Å². The van der Waals surface area contributed by atoms with Crippen molar-refractivity contribution in [2.45, 2.75) is 25.1 Å². The van der Waals surface area contributed by atoms with E-state index < -0.39 is 6.10 Å². The number of nitrogens with one attached hydrogen (secondary N) is 1. The van der Waals surface area contributed by atoms with Gasteiger partial charge in [-0.05, 0) is 23.9 Å². The zero-order chi connectivity index (χ0) is 14.8. The summed E-state index contributed by atoms with van der Waals surface area (Å²) in [7, 11) is 0. The molecule has 0 spiro atoms. The molecule has 2 aromatic rings. The fourth-order valence-electron chi connectivity index (χ4n) is 2.70. The Morgan fingerprint density at radius 3 is 3.00 bits per heavy atom. The number of fused-ring (bicyclic) bond motifs is 1. The Labute approximate surface area is 126 Å². The number of hydrogen-bond donors (Lipinski definition) is 3. The van der Waals surface area contributed by atoms with Crippen molar-refractivity contribution in [2.75, 3.05) is 13.2 Å². The number of thiophene rings is 1. The van der Waals surface area contributed by atoms with Crippen molar-refractivity contribution in [1.29, 1.82) is 0 Å². The first kappa shape index (κ1) is 14.3. The lowest BCUT2D eigenvalue weighted by Crippen LogP contribution is -2.44. The van der Waals surface area contributed by atoms with E-state index >= 15 is 0 Å². The highest BCUT2D eigenvalue weighted by Crippen LogP contribution is 2.25. The maximum atomic E-state index is 12.1. The van der Waals surface area contributed by atoms with Crippen LogP contribution in [0.25, 0.3) is 10.1 Å². The molecule has 2 atom stereocenters. The molecule has 0 unspecified atom stereocenters. The van der Waals surface area contributed by atoms with Gasteiger partial charge in [-0.1, -0.05) is 18.2 Å². The number of likely N-dealkylation sites (tertiary alicyclic amines) is 1. The van der Waals surface area contributed by atoms with Gasteiger partial charge in [-0.3, -0.25) is 0 Å². The first-order valence-corrected chi connectivity index (χ1v) is 7.80. The van der Waals surface area contributed by atoms with Crippen LogP contribution in [0.4, 0.5) is 4.79 Å². The molecule has 1 aromatic heterocycles. The van der Waals surface area contributed by atoms with Crippen molar-refractivity contribution < 1.29 is 15.0 Å². The zero-order valence-corrected chi connectivity index (χ0v) is 12.3. The number of hydrogen-bond acceptors (Lipinski definition) is 4. The minimum absolute atomic E-state index is 0.118. The third-order valence-electron chi connectivity index (χ3n) is 3.75. The van der Waals surface area contributed by atoms with Gasteiger partial charge in [0.1, 0.15) is 0 Å². The summed E-state index contributed by atoms with van der Waals surface area (Å²) >= 11 is 1.66. The van der Waals surface area contributed by atoms with Gasteiger partial charge < -0.3 is 20.4 Å². The first-order valence-electron chi connectivity index (χ1n) is 6.98. The zero-order valence-electron chi connectivity index (χ0n) is 11.5. The van der Waals surface area contributed by atoms with Crippen LogP contribution in [-0.2, 0) is 6.54 Å². The van der Waals surface area contributed by atoms with Crippen molar-refractivity contribution >= 4 is 27.5 Å². The summed E-state index contributed by atoms with van der Waals surface area (Å²) in [6.45, 7) is 0.625. The Hall–Kier alpha value is -1.63. The second-order valence-corrected chi connectivity index (χ2v) is 6.46. The Morgan fingerprint density at radius 1 is 1.43 bits per heavy atom. The van der Waals surface area contributed by atoms with Crippen LogP contribution in [-0.4, -0.2) is 46.4 Å². The van der Waals surface area contributed by atoms with Crippen molar-refractivity contribution in [2.24, 2.45) is 0 Å². The van der Waals surface area contributed by atoms with Crippen LogP contribution in [0.1, 0.15) is 11.3 Å². The van der Waals surface area contributed by atoms with Crippen LogP contribution in [0.15, 0.2) is 30.3 Å². The number of aliphatic hydroxyl groups is 2. The molecule has 1 aromatic carbocycles. The van der Waals surface area contributed by atoms with E-state index in [1.165, 1.54) is 15.0 Å². The van der Waals surface area contributed by atoms with Crippen LogP contribution in [0.5, 0.6) is 0 Å². The predicted molar refractivity (Wildman–Crippen MR) is 82.3 cm³/mol. The number of nitrogens with zero attached hydrogens (tertiary/aromatic N) is 1. The minimum atomic E-state index is -0.544. The highest BCUT2D eigenvalue weighted by molar-refractivity contribution is 7.19. The molecule has 112 valence electrons. The van der Waals surface area contributed by atoms with Gasteiger partial charge in [0.05, 0.1) is 25.3 Å². The number of benzene rings is 1. The number of carbonyl (C=O) groups is 1. The van der Waals surface area contributed by atoms with Gasteiger partial charge in [0, 0.05) is 16.1 Å². The molecule has 0 saturated carbocycles. The maximum absolute atomic E-state index is 12.1. The predicted octanol–water partition coefficient (Wildman–Crippen LogP) is 1.54. The smallest absolute Gasteiger partial charge is 0.318 e. The van der Waals surface area contributed by atoms with Gasteiger partial charge in [-0.25, -0.2) is 4.79 Å². The van der Waals surface area contributed by atoms with Gasteiger partial charge in [-0.15, -0.1) is 11.3 Å². The molecular weight excluding hydrogens is 288 g/mol. The quantitative estimate of drug-likeness (QED) is 0.805. The maximum Gasteiger partial charge on any atom is 0.318 e. The number of urea groups is 1. The first-order chi connectivity index (χ1) is 10.2. The van der Waals surface area contributed by atoms with Crippen molar-refractivity contribution in [1.82, 2.24) is 10.2 Å². The summed E-state index contributed by atoms with van der Waals surface area (Å²) in [4.78, 5) is 14.7. The van der Waals surface area contributed by atoms with Gasteiger partial charge in [0.15, 0.2) is 0 Å². The summed E-state index contributed by atoms with van der Waals surface area (Å²) in [6.07, 6.45) is -0.107. The molecule has 2 heterocycles. The molecule has 2 amide bonds. The Kier molecular flexibility index (Phi) is 4.10. The van der Waals surface area contributed by atoms with Crippen molar-refractivity contribution in [3.8, 4) is 0 Å². The largest absolute Gasteiger partial charge is 0.394 e. The van der Waals surface area contributed by atoms with E-state index in [1.54, 1.807) is 11.3 Å². The lowest BCUT2D eigenvalue weighted by molar-refractivity contribution is 0.154. The average molecular weight is 306 g/mol. The van der Waals surface area contributed by atoms with E-state index in [0.29, 0.717) is 13.0 Å². The molecule has 0 radical (unpaired) electrons. The van der Waals surface area contributed by atoms with Crippen LogP contribution in [0, 0.1) is 0 Å². The normalized spacial score (nSPS) is 21.9.